The predicted octanol–water partition coefficient (Wildman–Crippen LogP) is 3.54. The summed E-state index contributed by atoms with van der Waals surface area (Å²) in [5.74, 6) is -1.43. The van der Waals surface area contributed by atoms with Crippen molar-refractivity contribution in [2.75, 3.05) is 13.2 Å². The fourth-order valence-electron chi connectivity index (χ4n) is 3.50. The lowest BCUT2D eigenvalue weighted by atomic mass is 10.1. The molecule has 0 aliphatic heterocycles. The van der Waals surface area contributed by atoms with Gasteiger partial charge in [0.25, 0.3) is 5.91 Å². The smallest absolute Gasteiger partial charge is 0.339 e. The molecule has 0 unspecified atom stereocenters. The zero-order valence-electron chi connectivity index (χ0n) is 19.2. The maximum atomic E-state index is 13.0. The van der Waals surface area contributed by atoms with Crippen LogP contribution in [0, 0.1) is 0 Å². The van der Waals surface area contributed by atoms with Crippen LogP contribution in [0.25, 0.3) is 22.3 Å². The third-order valence-corrected chi connectivity index (χ3v) is 5.20. The first-order valence-electron chi connectivity index (χ1n) is 11.3. The highest BCUT2D eigenvalue weighted by atomic mass is 16.5. The third-order valence-electron chi connectivity index (χ3n) is 5.20. The summed E-state index contributed by atoms with van der Waals surface area (Å²) in [6.45, 7) is 2.20. The summed E-state index contributed by atoms with van der Waals surface area (Å²) in [5, 5.41) is 9.61. The number of fused-ring (bicyclic) bond motifs is 1. The second-order valence-electron chi connectivity index (χ2n) is 7.83. The molecule has 4 rings (SSSR count). The third kappa shape index (κ3) is 5.89. The van der Waals surface area contributed by atoms with E-state index >= 15 is 0 Å². The molecule has 35 heavy (non-hydrogen) atoms. The molecule has 178 valence electrons. The number of carbonyl (C=O) groups is 3. The van der Waals surface area contributed by atoms with Gasteiger partial charge in [-0.15, -0.1) is 0 Å². The molecule has 0 atom stereocenters. The van der Waals surface area contributed by atoms with E-state index < -0.39 is 24.5 Å². The molecule has 4 aromatic rings. The summed E-state index contributed by atoms with van der Waals surface area (Å²) in [4.78, 5) is 41.5. The highest BCUT2D eigenvalue weighted by molar-refractivity contribution is 6.04. The standard InChI is InChI=1S/C26H25N5O4/c1-2-13-27-26(34)30-23(32)17-35-25(33)20-14-22(19-11-7-4-8-12-19)29-24-21(20)15-28-31(24)16-18-9-5-3-6-10-18/h3-12,14-15H,2,13,16-17H2,1H3,(H2,27,30,32,34). The molecule has 9 nitrogen and oxygen atoms in total. The van der Waals surface area contributed by atoms with E-state index in [0.717, 1.165) is 17.5 Å². The van der Waals surface area contributed by atoms with Crippen molar-refractivity contribution in [3.8, 4) is 11.3 Å². The van der Waals surface area contributed by atoms with Crippen LogP contribution < -0.4 is 10.6 Å². The van der Waals surface area contributed by atoms with E-state index in [9.17, 15) is 14.4 Å². The van der Waals surface area contributed by atoms with Crippen molar-refractivity contribution in [3.63, 3.8) is 0 Å². The second kappa shape index (κ2) is 11.1. The number of amides is 3. The van der Waals surface area contributed by atoms with E-state index in [1.165, 1.54) is 0 Å². The molecule has 0 aliphatic rings. The lowest BCUT2D eigenvalue weighted by molar-refractivity contribution is -0.123. The molecule has 0 saturated carbocycles. The van der Waals surface area contributed by atoms with Gasteiger partial charge in [-0.3, -0.25) is 10.1 Å². The molecule has 2 heterocycles. The summed E-state index contributed by atoms with van der Waals surface area (Å²) in [6, 6.07) is 20.2. The van der Waals surface area contributed by atoms with E-state index in [1.54, 1.807) is 16.9 Å². The number of carbonyl (C=O) groups excluding carboxylic acids is 3. The normalized spacial score (nSPS) is 10.7. The minimum atomic E-state index is -0.722. The Kier molecular flexibility index (Phi) is 7.47. The van der Waals surface area contributed by atoms with Crippen molar-refractivity contribution in [2.24, 2.45) is 0 Å². The average Bonchev–Trinajstić information content (AvgIpc) is 3.29. The quantitative estimate of drug-likeness (QED) is 0.380. The van der Waals surface area contributed by atoms with E-state index in [2.05, 4.69) is 15.7 Å². The second-order valence-corrected chi connectivity index (χ2v) is 7.83. The Morgan fingerprint density at radius 2 is 1.71 bits per heavy atom. The molecule has 0 radical (unpaired) electrons. The number of hydrogen-bond acceptors (Lipinski definition) is 6. The van der Waals surface area contributed by atoms with Gasteiger partial charge in [-0.25, -0.2) is 19.3 Å². The molecular weight excluding hydrogens is 446 g/mol. The summed E-state index contributed by atoms with van der Waals surface area (Å²) >= 11 is 0. The largest absolute Gasteiger partial charge is 0.452 e. The Bertz CT molecular complexity index is 1340. The highest BCUT2D eigenvalue weighted by Crippen LogP contribution is 2.26. The van der Waals surface area contributed by atoms with Crippen molar-refractivity contribution in [3.05, 3.63) is 84.1 Å². The first-order chi connectivity index (χ1) is 17.0. The number of rotatable bonds is 8. The number of nitrogens with zero attached hydrogens (tertiary/aromatic N) is 3. The van der Waals surface area contributed by atoms with Gasteiger partial charge in [0.15, 0.2) is 12.3 Å². The van der Waals surface area contributed by atoms with Crippen LogP contribution in [0.4, 0.5) is 4.79 Å². The lowest BCUT2D eigenvalue weighted by Gasteiger charge is -2.10. The van der Waals surface area contributed by atoms with Gasteiger partial charge in [-0.1, -0.05) is 67.6 Å². The van der Waals surface area contributed by atoms with Crippen molar-refractivity contribution in [1.29, 1.82) is 0 Å². The summed E-state index contributed by atoms with van der Waals surface area (Å²) in [5.41, 5.74) is 3.18. The Balaban J connectivity index is 1.61. The van der Waals surface area contributed by atoms with Crippen LogP contribution in [0.3, 0.4) is 0 Å². The van der Waals surface area contributed by atoms with Gasteiger partial charge in [0, 0.05) is 12.1 Å². The number of benzene rings is 2. The SMILES string of the molecule is CCCNC(=O)NC(=O)COC(=O)c1cc(-c2ccccc2)nc2c1cnn2Cc1ccccc1. The summed E-state index contributed by atoms with van der Waals surface area (Å²) in [6.07, 6.45) is 2.30. The van der Waals surface area contributed by atoms with Gasteiger partial charge in [0.1, 0.15) is 0 Å². The van der Waals surface area contributed by atoms with Crippen LogP contribution in [-0.2, 0) is 16.1 Å². The van der Waals surface area contributed by atoms with E-state index in [0.29, 0.717) is 29.8 Å². The first kappa shape index (κ1) is 23.6. The number of imide groups is 1. The Hall–Kier alpha value is -4.53. The number of hydrogen-bond donors (Lipinski definition) is 2. The van der Waals surface area contributed by atoms with Gasteiger partial charge in [-0.2, -0.15) is 5.10 Å². The Morgan fingerprint density at radius 1 is 1.00 bits per heavy atom. The average molecular weight is 472 g/mol. The zero-order valence-corrected chi connectivity index (χ0v) is 19.2. The van der Waals surface area contributed by atoms with Gasteiger partial charge in [0.2, 0.25) is 0 Å². The molecule has 9 heteroatoms. The van der Waals surface area contributed by atoms with Crippen LogP contribution in [0.1, 0.15) is 29.3 Å². The molecule has 0 bridgehead atoms. The van der Waals surface area contributed by atoms with Crippen molar-refractivity contribution in [1.82, 2.24) is 25.4 Å². The first-order valence-corrected chi connectivity index (χ1v) is 11.3. The van der Waals surface area contributed by atoms with E-state index in [-0.39, 0.29) is 5.56 Å². The van der Waals surface area contributed by atoms with Crippen LogP contribution >= 0.6 is 0 Å². The highest BCUT2D eigenvalue weighted by Gasteiger charge is 2.20. The number of nitrogens with one attached hydrogen (secondary N) is 2. The van der Waals surface area contributed by atoms with Gasteiger partial charge < -0.3 is 10.1 Å². The van der Waals surface area contributed by atoms with Crippen molar-refractivity contribution in [2.45, 2.75) is 19.9 Å². The summed E-state index contributed by atoms with van der Waals surface area (Å²) < 4.78 is 6.95. The van der Waals surface area contributed by atoms with E-state index in [1.807, 2.05) is 67.6 Å². The number of aromatic nitrogens is 3. The molecule has 0 fully saturated rings. The van der Waals surface area contributed by atoms with E-state index in [4.69, 9.17) is 9.72 Å². The fourth-order valence-corrected chi connectivity index (χ4v) is 3.50. The fraction of sp³-hybridized carbons (Fsp3) is 0.192. The maximum Gasteiger partial charge on any atom is 0.339 e. The number of ether oxygens (including phenoxy) is 1. The van der Waals surface area contributed by atoms with Gasteiger partial charge >= 0.3 is 12.0 Å². The molecule has 2 N–H and O–H groups in total. The molecule has 0 spiro atoms. The zero-order chi connectivity index (χ0) is 24.6. The van der Waals surface area contributed by atoms with Crippen molar-refractivity contribution >= 4 is 28.9 Å². The number of esters is 1. The molecule has 0 saturated heterocycles. The molecule has 0 aliphatic carbocycles. The molecular formula is C26H25N5O4. The lowest BCUT2D eigenvalue weighted by Crippen LogP contribution is -2.41. The van der Waals surface area contributed by atoms with Gasteiger partial charge in [0.05, 0.1) is 29.4 Å². The van der Waals surface area contributed by atoms with Crippen LogP contribution in [0.2, 0.25) is 0 Å². The Labute approximate surface area is 202 Å². The van der Waals surface area contributed by atoms with Crippen LogP contribution in [-0.4, -0.2) is 45.8 Å². The van der Waals surface area contributed by atoms with Crippen molar-refractivity contribution < 1.29 is 19.1 Å². The summed E-state index contributed by atoms with van der Waals surface area (Å²) in [7, 11) is 0. The number of urea groups is 1. The molecule has 2 aromatic carbocycles. The minimum Gasteiger partial charge on any atom is -0.452 e. The Morgan fingerprint density at radius 3 is 2.43 bits per heavy atom. The molecule has 3 amide bonds. The molecule has 2 aromatic heterocycles. The van der Waals surface area contributed by atoms with Gasteiger partial charge in [-0.05, 0) is 18.1 Å². The minimum absolute atomic E-state index is 0.233. The maximum absolute atomic E-state index is 13.0. The van der Waals surface area contributed by atoms with Crippen LogP contribution in [0.5, 0.6) is 0 Å². The monoisotopic (exact) mass is 471 g/mol. The predicted molar refractivity (Wildman–Crippen MR) is 131 cm³/mol. The number of pyridine rings is 1. The topological polar surface area (TPSA) is 115 Å². The van der Waals surface area contributed by atoms with Crippen LogP contribution in [0.15, 0.2) is 72.9 Å².